The number of amides is 1. The number of non-ortho nitro benzene ring substituents is 1. The second-order valence-corrected chi connectivity index (χ2v) is 9.92. The van der Waals surface area contributed by atoms with E-state index in [1.807, 2.05) is 33.8 Å². The maximum atomic E-state index is 13.9. The summed E-state index contributed by atoms with van der Waals surface area (Å²) in [6.45, 7) is 10.4. The highest BCUT2D eigenvalue weighted by molar-refractivity contribution is 7.20. The summed E-state index contributed by atoms with van der Waals surface area (Å²) in [5.41, 5.74) is 2.26. The van der Waals surface area contributed by atoms with Gasteiger partial charge in [0.1, 0.15) is 4.83 Å². The predicted octanol–water partition coefficient (Wildman–Crippen LogP) is 4.58. The summed E-state index contributed by atoms with van der Waals surface area (Å²) >= 11 is 1.11. The van der Waals surface area contributed by atoms with Crippen LogP contribution in [0.2, 0.25) is 0 Å². The third-order valence-corrected chi connectivity index (χ3v) is 7.97. The van der Waals surface area contributed by atoms with E-state index in [9.17, 15) is 24.5 Å². The molecule has 10 heteroatoms. The molecule has 0 atom stereocenters. The van der Waals surface area contributed by atoms with Crippen LogP contribution in [-0.2, 0) is 6.54 Å². The van der Waals surface area contributed by atoms with Gasteiger partial charge in [-0.3, -0.25) is 24.3 Å². The Labute approximate surface area is 217 Å². The first kappa shape index (κ1) is 26.0. The first-order valence-corrected chi connectivity index (χ1v) is 12.8. The summed E-state index contributed by atoms with van der Waals surface area (Å²) in [5.74, 6) is -0.199. The summed E-state index contributed by atoms with van der Waals surface area (Å²) in [4.78, 5) is 54.2. The number of fused-ring (bicyclic) bond motifs is 1. The van der Waals surface area contributed by atoms with Crippen molar-refractivity contribution in [2.45, 2.75) is 41.2 Å². The molecule has 0 radical (unpaired) electrons. The van der Waals surface area contributed by atoms with E-state index >= 15 is 0 Å². The third kappa shape index (κ3) is 4.60. The van der Waals surface area contributed by atoms with Gasteiger partial charge in [-0.1, -0.05) is 18.2 Å². The Kier molecular flexibility index (Phi) is 7.13. The maximum Gasteiger partial charge on any atom is 0.337 e. The topological polar surface area (TPSA) is 107 Å². The van der Waals surface area contributed by atoms with Gasteiger partial charge in [-0.2, -0.15) is 0 Å². The number of aryl methyl sites for hydroxylation is 3. The smallest absolute Gasteiger partial charge is 0.337 e. The molecule has 0 unspecified atom stereocenters. The minimum Gasteiger partial charge on any atom is -0.338 e. The van der Waals surface area contributed by atoms with Crippen LogP contribution >= 0.6 is 11.3 Å². The SMILES string of the molecule is CCN(CC)C(=O)c1sc2c(c1C)c(=O)n(-c1ccc(C)c(C)c1)c(=O)n2Cc1cccc([N+](=O)[O-])c1. The number of nitro benzene ring substituents is 1. The van der Waals surface area contributed by atoms with Gasteiger partial charge in [0.05, 0.1) is 27.4 Å². The number of rotatable bonds is 7. The number of carbonyl (C=O) groups is 1. The molecule has 4 aromatic rings. The molecule has 2 aromatic carbocycles. The standard InChI is InChI=1S/C27H28N4O5S/c1-6-28(7-2)25(33)23-18(5)22-24(32)30(20-12-11-16(3)17(4)13-20)27(34)29(26(22)37-23)15-19-9-8-10-21(14-19)31(35)36/h8-14H,6-7,15H2,1-5H3. The van der Waals surface area contributed by atoms with Crippen molar-refractivity contribution in [3.8, 4) is 5.69 Å². The van der Waals surface area contributed by atoms with Crippen molar-refractivity contribution in [1.29, 1.82) is 0 Å². The van der Waals surface area contributed by atoms with Crippen molar-refractivity contribution < 1.29 is 9.72 Å². The number of hydrogen-bond acceptors (Lipinski definition) is 6. The summed E-state index contributed by atoms with van der Waals surface area (Å²) in [6, 6.07) is 11.4. The van der Waals surface area contributed by atoms with Crippen LogP contribution in [-0.4, -0.2) is 38.0 Å². The molecule has 37 heavy (non-hydrogen) atoms. The van der Waals surface area contributed by atoms with Crippen LogP contribution in [0.15, 0.2) is 52.1 Å². The van der Waals surface area contributed by atoms with Gasteiger partial charge in [-0.05, 0) is 69.0 Å². The van der Waals surface area contributed by atoms with Crippen molar-refractivity contribution in [2.75, 3.05) is 13.1 Å². The lowest BCUT2D eigenvalue weighted by molar-refractivity contribution is -0.384. The Balaban J connectivity index is 2.05. The molecule has 0 aliphatic carbocycles. The van der Waals surface area contributed by atoms with E-state index in [2.05, 4.69) is 0 Å². The van der Waals surface area contributed by atoms with E-state index in [0.717, 1.165) is 27.0 Å². The normalized spacial score (nSPS) is 11.2. The van der Waals surface area contributed by atoms with Gasteiger partial charge in [0, 0.05) is 25.2 Å². The summed E-state index contributed by atoms with van der Waals surface area (Å²) in [7, 11) is 0. The van der Waals surface area contributed by atoms with Crippen molar-refractivity contribution >= 4 is 33.1 Å². The predicted molar refractivity (Wildman–Crippen MR) is 145 cm³/mol. The highest BCUT2D eigenvalue weighted by atomic mass is 32.1. The number of carbonyl (C=O) groups excluding carboxylic acids is 1. The number of hydrogen-bond donors (Lipinski definition) is 0. The zero-order valence-electron chi connectivity index (χ0n) is 21.4. The largest absolute Gasteiger partial charge is 0.338 e. The van der Waals surface area contributed by atoms with Crippen LogP contribution in [0.1, 0.15) is 45.8 Å². The van der Waals surface area contributed by atoms with Gasteiger partial charge in [0.25, 0.3) is 17.2 Å². The van der Waals surface area contributed by atoms with Crippen LogP contribution in [0.5, 0.6) is 0 Å². The van der Waals surface area contributed by atoms with Gasteiger partial charge in [0.2, 0.25) is 0 Å². The Morgan fingerprint density at radius 1 is 1.03 bits per heavy atom. The second kappa shape index (κ2) is 10.1. The minimum atomic E-state index is -0.574. The van der Waals surface area contributed by atoms with E-state index in [4.69, 9.17) is 0 Å². The van der Waals surface area contributed by atoms with Crippen LogP contribution in [0, 0.1) is 30.9 Å². The Morgan fingerprint density at radius 3 is 2.35 bits per heavy atom. The number of nitro groups is 1. The molecule has 2 heterocycles. The number of benzene rings is 2. The van der Waals surface area contributed by atoms with E-state index in [-0.39, 0.29) is 18.1 Å². The third-order valence-electron chi connectivity index (χ3n) is 6.67. The van der Waals surface area contributed by atoms with Crippen LogP contribution in [0.25, 0.3) is 15.9 Å². The average Bonchev–Trinajstić information content (AvgIpc) is 3.22. The second-order valence-electron chi connectivity index (χ2n) is 8.92. The van der Waals surface area contributed by atoms with Gasteiger partial charge in [-0.25, -0.2) is 9.36 Å². The molecule has 4 rings (SSSR count). The number of aromatic nitrogens is 2. The molecule has 0 N–H and O–H groups in total. The highest BCUT2D eigenvalue weighted by Crippen LogP contribution is 2.30. The van der Waals surface area contributed by atoms with Gasteiger partial charge in [-0.15, -0.1) is 11.3 Å². The summed E-state index contributed by atoms with van der Waals surface area (Å²) < 4.78 is 2.55. The quantitative estimate of drug-likeness (QED) is 0.262. The average molecular weight is 521 g/mol. The molecule has 0 saturated carbocycles. The van der Waals surface area contributed by atoms with Crippen LogP contribution in [0.4, 0.5) is 5.69 Å². The van der Waals surface area contributed by atoms with Gasteiger partial charge >= 0.3 is 5.69 Å². The molecule has 9 nitrogen and oxygen atoms in total. The van der Waals surface area contributed by atoms with Gasteiger partial charge in [0.15, 0.2) is 0 Å². The molecule has 0 fully saturated rings. The van der Waals surface area contributed by atoms with Crippen LogP contribution < -0.4 is 11.2 Å². The molecule has 192 valence electrons. The monoisotopic (exact) mass is 520 g/mol. The number of thiophene rings is 1. The molecule has 0 saturated heterocycles. The Bertz CT molecular complexity index is 1660. The molecule has 0 aliphatic heterocycles. The van der Waals surface area contributed by atoms with Crippen molar-refractivity contribution in [3.05, 3.63) is 101 Å². The van der Waals surface area contributed by atoms with E-state index in [1.165, 1.54) is 16.7 Å². The number of nitrogens with zero attached hydrogens (tertiary/aromatic N) is 4. The fourth-order valence-corrected chi connectivity index (χ4v) is 5.65. The Hall–Kier alpha value is -4.05. The van der Waals surface area contributed by atoms with Crippen molar-refractivity contribution in [2.24, 2.45) is 0 Å². The highest BCUT2D eigenvalue weighted by Gasteiger charge is 2.26. The van der Waals surface area contributed by atoms with Gasteiger partial charge < -0.3 is 4.90 Å². The van der Waals surface area contributed by atoms with E-state index < -0.39 is 16.2 Å². The summed E-state index contributed by atoms with van der Waals surface area (Å²) in [5, 5.41) is 11.6. The molecule has 2 aromatic heterocycles. The first-order valence-electron chi connectivity index (χ1n) is 12.0. The molecule has 0 aliphatic rings. The lowest BCUT2D eigenvalue weighted by atomic mass is 10.1. The lowest BCUT2D eigenvalue weighted by Crippen LogP contribution is -2.39. The molecule has 1 amide bonds. The zero-order valence-corrected chi connectivity index (χ0v) is 22.2. The van der Waals surface area contributed by atoms with E-state index in [1.54, 1.807) is 36.1 Å². The zero-order chi connectivity index (χ0) is 27.0. The van der Waals surface area contributed by atoms with Crippen LogP contribution in [0.3, 0.4) is 0 Å². The lowest BCUT2D eigenvalue weighted by Gasteiger charge is -2.17. The maximum absolute atomic E-state index is 13.9. The van der Waals surface area contributed by atoms with E-state index in [0.29, 0.717) is 45.0 Å². The molecular weight excluding hydrogens is 492 g/mol. The Morgan fingerprint density at radius 2 is 1.73 bits per heavy atom. The van der Waals surface area contributed by atoms with Crippen molar-refractivity contribution in [3.63, 3.8) is 0 Å². The van der Waals surface area contributed by atoms with Crippen molar-refractivity contribution in [1.82, 2.24) is 14.0 Å². The fraction of sp³-hybridized carbons (Fsp3) is 0.296. The summed E-state index contributed by atoms with van der Waals surface area (Å²) in [6.07, 6.45) is 0. The molecule has 0 bridgehead atoms. The molecule has 0 spiro atoms. The first-order chi connectivity index (χ1) is 17.6. The fourth-order valence-electron chi connectivity index (χ4n) is 4.39. The molecular formula is C27H28N4O5S. The minimum absolute atomic E-state index is 0.000983.